The summed E-state index contributed by atoms with van der Waals surface area (Å²) in [6.45, 7) is 1.76. The molecule has 4 aromatic rings. The maximum atomic E-state index is 12.8. The van der Waals surface area contributed by atoms with Gasteiger partial charge in [-0.05, 0) is 29.4 Å². The minimum Gasteiger partial charge on any atom is -0.378 e. The van der Waals surface area contributed by atoms with Crippen molar-refractivity contribution in [2.75, 3.05) is 5.73 Å². The molecule has 31 heavy (non-hydrogen) atoms. The fourth-order valence-electron chi connectivity index (χ4n) is 2.40. The van der Waals surface area contributed by atoms with Crippen LogP contribution in [0.4, 0.5) is 5.82 Å². The van der Waals surface area contributed by atoms with Crippen LogP contribution in [0.1, 0.15) is 28.0 Å². The van der Waals surface area contributed by atoms with Gasteiger partial charge in [0.15, 0.2) is 10.9 Å². The van der Waals surface area contributed by atoms with Gasteiger partial charge in [0.2, 0.25) is 11.6 Å². The van der Waals surface area contributed by atoms with Crippen LogP contribution in [0, 0.1) is 0 Å². The lowest BCUT2D eigenvalue weighted by Gasteiger charge is -2.05. The van der Waals surface area contributed by atoms with Crippen LogP contribution in [0.25, 0.3) is 5.82 Å². The Bertz CT molecular complexity index is 1260. The summed E-state index contributed by atoms with van der Waals surface area (Å²) >= 11 is 8.63. The number of rotatable bonds is 7. The number of thiophene rings is 1. The van der Waals surface area contributed by atoms with E-state index in [0.717, 1.165) is 4.88 Å². The number of anilines is 1. The molecule has 0 unspecified atom stereocenters. The Morgan fingerprint density at radius 3 is 2.87 bits per heavy atom. The standard InChI is InChI=1S/C15H14ClN11O2S2/c1-7(9-3-4-10(16)31-9)19-21-14(28)11-8(5-30-15-22-18-6-26(15)2)27(25-20-11)13-12(17)23-29-24-13/h3-4,6H,5H2,1-2H3,(H2,17,23)(H,21,28). The van der Waals surface area contributed by atoms with Crippen molar-refractivity contribution in [2.24, 2.45) is 12.1 Å². The number of thioether (sulfide) groups is 1. The minimum atomic E-state index is -0.558. The van der Waals surface area contributed by atoms with Crippen LogP contribution in [0.15, 0.2) is 33.3 Å². The molecule has 0 radical (unpaired) electrons. The second kappa shape index (κ2) is 8.83. The first-order valence-electron chi connectivity index (χ1n) is 8.54. The molecule has 0 fully saturated rings. The van der Waals surface area contributed by atoms with Gasteiger partial charge in [0.05, 0.1) is 20.6 Å². The average Bonchev–Trinajstić information content (AvgIpc) is 3.52. The van der Waals surface area contributed by atoms with E-state index >= 15 is 0 Å². The number of aryl methyl sites for hydroxylation is 1. The van der Waals surface area contributed by atoms with Gasteiger partial charge in [0, 0.05) is 12.8 Å². The van der Waals surface area contributed by atoms with E-state index in [9.17, 15) is 4.79 Å². The van der Waals surface area contributed by atoms with Gasteiger partial charge in [-0.1, -0.05) is 28.6 Å². The van der Waals surface area contributed by atoms with Gasteiger partial charge in [0.1, 0.15) is 6.33 Å². The highest BCUT2D eigenvalue weighted by Crippen LogP contribution is 2.25. The quantitative estimate of drug-likeness (QED) is 0.225. The average molecular weight is 480 g/mol. The smallest absolute Gasteiger partial charge is 0.293 e. The maximum absolute atomic E-state index is 12.8. The number of nitrogens with one attached hydrogen (secondary N) is 1. The number of amides is 1. The van der Waals surface area contributed by atoms with Gasteiger partial charge in [-0.3, -0.25) is 4.79 Å². The van der Waals surface area contributed by atoms with Gasteiger partial charge in [0.25, 0.3) is 5.91 Å². The first-order chi connectivity index (χ1) is 14.9. The number of nitrogens with zero attached hydrogens (tertiary/aromatic N) is 9. The lowest BCUT2D eigenvalue weighted by Crippen LogP contribution is -2.21. The maximum Gasteiger partial charge on any atom is 0.293 e. The van der Waals surface area contributed by atoms with Gasteiger partial charge in [-0.2, -0.15) is 9.78 Å². The van der Waals surface area contributed by atoms with Crippen molar-refractivity contribution in [3.63, 3.8) is 0 Å². The molecule has 0 aliphatic rings. The zero-order chi connectivity index (χ0) is 22.0. The number of carbonyl (C=O) groups excluding carboxylic acids is 1. The van der Waals surface area contributed by atoms with Crippen molar-refractivity contribution < 1.29 is 9.42 Å². The molecule has 0 atom stereocenters. The third kappa shape index (κ3) is 4.42. The Kier molecular flexibility index (Phi) is 5.97. The highest BCUT2D eigenvalue weighted by atomic mass is 35.5. The fraction of sp³-hybridized carbons (Fsp3) is 0.200. The molecule has 16 heteroatoms. The second-order valence-electron chi connectivity index (χ2n) is 6.02. The van der Waals surface area contributed by atoms with Crippen molar-refractivity contribution in [1.29, 1.82) is 0 Å². The highest BCUT2D eigenvalue weighted by Gasteiger charge is 2.24. The second-order valence-corrected chi connectivity index (χ2v) is 8.68. The number of nitrogen functional groups attached to an aromatic ring is 1. The van der Waals surface area contributed by atoms with Gasteiger partial charge in [-0.25, -0.2) is 10.1 Å². The Morgan fingerprint density at radius 1 is 1.39 bits per heavy atom. The summed E-state index contributed by atoms with van der Waals surface area (Å²) in [7, 11) is 1.80. The number of hydrogen-bond acceptors (Lipinski definition) is 12. The molecule has 3 N–H and O–H groups in total. The molecule has 4 aromatic heterocycles. The van der Waals surface area contributed by atoms with Crippen molar-refractivity contribution in [3.05, 3.63) is 39.1 Å². The largest absolute Gasteiger partial charge is 0.378 e. The summed E-state index contributed by atoms with van der Waals surface area (Å²) in [4.78, 5) is 13.6. The van der Waals surface area contributed by atoms with Crippen molar-refractivity contribution in [2.45, 2.75) is 17.8 Å². The molecular weight excluding hydrogens is 466 g/mol. The highest BCUT2D eigenvalue weighted by molar-refractivity contribution is 7.98. The summed E-state index contributed by atoms with van der Waals surface area (Å²) in [5.74, 6) is -0.173. The molecule has 0 aromatic carbocycles. The molecular formula is C15H14ClN11O2S2. The summed E-state index contributed by atoms with van der Waals surface area (Å²) in [5, 5.41) is 27.9. The van der Waals surface area contributed by atoms with Crippen LogP contribution < -0.4 is 11.2 Å². The predicted molar refractivity (Wildman–Crippen MR) is 113 cm³/mol. The number of aromatic nitrogens is 8. The van der Waals surface area contributed by atoms with Crippen molar-refractivity contribution in [1.82, 2.24) is 45.5 Å². The van der Waals surface area contributed by atoms with Crippen LogP contribution in [-0.2, 0) is 12.8 Å². The van der Waals surface area contributed by atoms with Crippen LogP contribution in [-0.4, -0.2) is 51.7 Å². The molecule has 0 spiro atoms. The summed E-state index contributed by atoms with van der Waals surface area (Å²) in [6.07, 6.45) is 1.57. The minimum absolute atomic E-state index is 0.00482. The predicted octanol–water partition coefficient (Wildman–Crippen LogP) is 1.52. The molecule has 13 nitrogen and oxygen atoms in total. The number of hydrazone groups is 1. The van der Waals surface area contributed by atoms with E-state index in [0.29, 0.717) is 20.9 Å². The van der Waals surface area contributed by atoms with E-state index in [1.165, 1.54) is 27.8 Å². The molecule has 0 aliphatic carbocycles. The van der Waals surface area contributed by atoms with Gasteiger partial charge in [-0.15, -0.1) is 26.6 Å². The lowest BCUT2D eigenvalue weighted by molar-refractivity contribution is 0.0949. The van der Waals surface area contributed by atoms with E-state index in [4.69, 9.17) is 17.3 Å². The first kappa shape index (κ1) is 21.0. The van der Waals surface area contributed by atoms with Crippen LogP contribution >= 0.6 is 34.7 Å². The Balaban J connectivity index is 1.61. The van der Waals surface area contributed by atoms with Crippen LogP contribution in [0.2, 0.25) is 4.34 Å². The fourth-order valence-corrected chi connectivity index (χ4v) is 4.27. The Labute approximate surface area is 187 Å². The molecule has 4 rings (SSSR count). The zero-order valence-corrected chi connectivity index (χ0v) is 18.4. The van der Waals surface area contributed by atoms with E-state index in [-0.39, 0.29) is 23.1 Å². The van der Waals surface area contributed by atoms with Crippen LogP contribution in [0.3, 0.4) is 0 Å². The Hall–Kier alpha value is -3.30. The number of halogens is 1. The first-order valence-corrected chi connectivity index (χ1v) is 10.7. The number of nitrogens with two attached hydrogens (primary N) is 1. The SMILES string of the molecule is CC(=NNC(=O)c1nnn(-c2nonc2N)c1CSc1nncn1C)c1ccc(Cl)s1. The monoisotopic (exact) mass is 479 g/mol. The molecule has 4 heterocycles. The molecule has 0 bridgehead atoms. The van der Waals surface area contributed by atoms with Crippen molar-refractivity contribution in [3.8, 4) is 5.82 Å². The van der Waals surface area contributed by atoms with Gasteiger partial charge >= 0.3 is 0 Å². The van der Waals surface area contributed by atoms with E-state index in [2.05, 4.69) is 46.0 Å². The summed E-state index contributed by atoms with van der Waals surface area (Å²) in [5.41, 5.74) is 9.31. The third-order valence-corrected chi connectivity index (χ3v) is 6.32. The topological polar surface area (TPSA) is 168 Å². The third-order valence-electron chi connectivity index (χ3n) is 3.94. The van der Waals surface area contributed by atoms with Crippen LogP contribution in [0.5, 0.6) is 0 Å². The van der Waals surface area contributed by atoms with Gasteiger partial charge < -0.3 is 10.3 Å². The molecule has 0 saturated carbocycles. The van der Waals surface area contributed by atoms with E-state index in [1.807, 2.05) is 6.07 Å². The Morgan fingerprint density at radius 2 is 2.23 bits per heavy atom. The van der Waals surface area contributed by atoms with E-state index < -0.39 is 5.91 Å². The summed E-state index contributed by atoms with van der Waals surface area (Å²) < 4.78 is 8.30. The van der Waals surface area contributed by atoms with Crippen molar-refractivity contribution >= 4 is 52.1 Å². The lowest BCUT2D eigenvalue weighted by atomic mass is 10.3. The molecule has 160 valence electrons. The van der Waals surface area contributed by atoms with E-state index in [1.54, 1.807) is 30.9 Å². The zero-order valence-electron chi connectivity index (χ0n) is 16.1. The molecule has 1 amide bonds. The summed E-state index contributed by atoms with van der Waals surface area (Å²) in [6, 6.07) is 3.57. The molecule has 0 saturated heterocycles. The normalized spacial score (nSPS) is 11.8. The molecule has 0 aliphatic heterocycles. The number of hydrogen-bond donors (Lipinski definition) is 2. The number of carbonyl (C=O) groups is 1.